The van der Waals surface area contributed by atoms with Crippen molar-refractivity contribution in [3.05, 3.63) is 81.9 Å². The van der Waals surface area contributed by atoms with E-state index in [9.17, 15) is 14.9 Å². The summed E-state index contributed by atoms with van der Waals surface area (Å²) < 4.78 is 6.66. The van der Waals surface area contributed by atoms with Gasteiger partial charge < -0.3 is 10.1 Å². The Balaban J connectivity index is 1.38. The smallest absolute Gasteiger partial charge is 0.295 e. The highest BCUT2D eigenvalue weighted by Crippen LogP contribution is 2.23. The van der Waals surface area contributed by atoms with Crippen molar-refractivity contribution in [3.63, 3.8) is 0 Å². The predicted octanol–water partition coefficient (Wildman–Crippen LogP) is 1.94. The first-order chi connectivity index (χ1) is 15.1. The molecule has 0 unspecified atom stereocenters. The number of carbonyl (C=O) groups excluding carboxylic acids is 1. The zero-order valence-electron chi connectivity index (χ0n) is 16.8. The van der Waals surface area contributed by atoms with Crippen molar-refractivity contribution < 1.29 is 14.5 Å². The first-order valence-corrected chi connectivity index (χ1v) is 9.90. The van der Waals surface area contributed by atoms with Gasteiger partial charge in [0, 0.05) is 37.8 Å². The van der Waals surface area contributed by atoms with Crippen LogP contribution in [0.15, 0.2) is 55.1 Å². The molecular formula is C21H22N6O4. The molecule has 1 aromatic heterocycles. The van der Waals surface area contributed by atoms with Crippen molar-refractivity contribution in [2.75, 3.05) is 26.3 Å². The van der Waals surface area contributed by atoms with Gasteiger partial charge in [0.1, 0.15) is 18.3 Å². The first kappa shape index (κ1) is 20.6. The molecule has 31 heavy (non-hydrogen) atoms. The van der Waals surface area contributed by atoms with Crippen LogP contribution in [0.25, 0.3) is 5.69 Å². The number of nitrogens with zero attached hydrogens (tertiary/aromatic N) is 5. The van der Waals surface area contributed by atoms with E-state index in [1.54, 1.807) is 0 Å². The van der Waals surface area contributed by atoms with Gasteiger partial charge in [-0.2, -0.15) is 5.10 Å². The first-order valence-electron chi connectivity index (χ1n) is 9.90. The summed E-state index contributed by atoms with van der Waals surface area (Å²) in [5.41, 5.74) is 2.39. The maximum Gasteiger partial charge on any atom is 0.295 e. The van der Waals surface area contributed by atoms with E-state index >= 15 is 0 Å². The quantitative estimate of drug-likeness (QED) is 0.457. The van der Waals surface area contributed by atoms with Gasteiger partial charge in [0.15, 0.2) is 0 Å². The number of hydrogen-bond acceptors (Lipinski definition) is 7. The number of rotatable bonds is 7. The topological polar surface area (TPSA) is 115 Å². The van der Waals surface area contributed by atoms with Gasteiger partial charge in [-0.3, -0.25) is 19.8 Å². The third-order valence-corrected chi connectivity index (χ3v) is 5.09. The van der Waals surface area contributed by atoms with Crippen molar-refractivity contribution in [1.29, 1.82) is 0 Å². The number of benzene rings is 2. The fraction of sp³-hybridized carbons (Fsp3) is 0.286. The highest BCUT2D eigenvalue weighted by atomic mass is 16.6. The van der Waals surface area contributed by atoms with Crippen molar-refractivity contribution in [1.82, 2.24) is 25.0 Å². The molecule has 1 aliphatic heterocycles. The number of aromatic nitrogens is 3. The van der Waals surface area contributed by atoms with Gasteiger partial charge in [0.05, 0.1) is 18.1 Å². The number of nitro groups is 1. The lowest BCUT2D eigenvalue weighted by molar-refractivity contribution is -0.384. The number of amides is 1. The second-order valence-corrected chi connectivity index (χ2v) is 7.19. The summed E-state index contributed by atoms with van der Waals surface area (Å²) in [6.45, 7) is 4.59. The molecule has 1 amide bonds. The Morgan fingerprint density at radius 3 is 2.55 bits per heavy atom. The zero-order chi connectivity index (χ0) is 21.6. The van der Waals surface area contributed by atoms with Crippen LogP contribution in [0.3, 0.4) is 0 Å². The van der Waals surface area contributed by atoms with Gasteiger partial charge in [-0.05, 0) is 23.3 Å². The molecule has 1 aliphatic rings. The fourth-order valence-corrected chi connectivity index (χ4v) is 3.40. The van der Waals surface area contributed by atoms with E-state index in [1.165, 1.54) is 41.1 Å². The minimum absolute atomic E-state index is 0.208. The van der Waals surface area contributed by atoms with E-state index in [4.69, 9.17) is 4.74 Å². The molecule has 160 valence electrons. The zero-order valence-corrected chi connectivity index (χ0v) is 16.8. The largest absolute Gasteiger partial charge is 0.379 e. The minimum atomic E-state index is -0.541. The van der Waals surface area contributed by atoms with Crippen molar-refractivity contribution in [3.8, 4) is 5.69 Å². The molecule has 0 radical (unpaired) electrons. The summed E-state index contributed by atoms with van der Waals surface area (Å²) in [5.74, 6) is -0.384. The Morgan fingerprint density at radius 2 is 1.87 bits per heavy atom. The lowest BCUT2D eigenvalue weighted by Crippen LogP contribution is -2.35. The minimum Gasteiger partial charge on any atom is -0.379 e. The second-order valence-electron chi connectivity index (χ2n) is 7.19. The van der Waals surface area contributed by atoms with Crippen LogP contribution in [-0.4, -0.2) is 56.8 Å². The third kappa shape index (κ3) is 5.11. The summed E-state index contributed by atoms with van der Waals surface area (Å²) in [5, 5.41) is 18.2. The molecule has 0 atom stereocenters. The van der Waals surface area contributed by atoms with Crippen molar-refractivity contribution in [2.45, 2.75) is 13.1 Å². The van der Waals surface area contributed by atoms with Crippen LogP contribution in [0.4, 0.5) is 5.69 Å². The standard InChI is InChI=1S/C21H22N6O4/c28-21(18-5-6-19(20(11-18)27(29)30)26-15-22-14-24-26)23-12-16-1-3-17(4-2-16)13-25-7-9-31-10-8-25/h1-6,11,14-15H,7-10,12-13H2,(H,23,28). The molecule has 0 aliphatic carbocycles. The maximum absolute atomic E-state index is 12.5. The lowest BCUT2D eigenvalue weighted by atomic mass is 10.1. The van der Waals surface area contributed by atoms with E-state index in [-0.39, 0.29) is 22.8 Å². The maximum atomic E-state index is 12.5. The number of hydrogen-bond donors (Lipinski definition) is 1. The van der Waals surface area contributed by atoms with Gasteiger partial charge in [0.25, 0.3) is 11.6 Å². The molecule has 0 saturated carbocycles. The summed E-state index contributed by atoms with van der Waals surface area (Å²) in [4.78, 5) is 29.6. The van der Waals surface area contributed by atoms with Gasteiger partial charge in [0.2, 0.25) is 0 Å². The van der Waals surface area contributed by atoms with Crippen molar-refractivity contribution >= 4 is 11.6 Å². The van der Waals surface area contributed by atoms with Crippen LogP contribution in [-0.2, 0) is 17.8 Å². The summed E-state index contributed by atoms with van der Waals surface area (Å²) in [7, 11) is 0. The van der Waals surface area contributed by atoms with Gasteiger partial charge in [-0.1, -0.05) is 24.3 Å². The van der Waals surface area contributed by atoms with Crippen LogP contribution >= 0.6 is 0 Å². The summed E-state index contributed by atoms with van der Waals surface area (Å²) in [6, 6.07) is 12.3. The number of morpholine rings is 1. The molecule has 1 N–H and O–H groups in total. The van der Waals surface area contributed by atoms with E-state index in [0.717, 1.165) is 38.4 Å². The van der Waals surface area contributed by atoms with Gasteiger partial charge in [-0.25, -0.2) is 9.67 Å². The third-order valence-electron chi connectivity index (χ3n) is 5.09. The number of nitro benzene ring substituents is 1. The number of ether oxygens (including phenoxy) is 1. The monoisotopic (exact) mass is 422 g/mol. The van der Waals surface area contributed by atoms with E-state index < -0.39 is 4.92 Å². The molecule has 0 bridgehead atoms. The fourth-order valence-electron chi connectivity index (χ4n) is 3.40. The molecule has 2 aromatic carbocycles. The van der Waals surface area contributed by atoms with E-state index in [2.05, 4.69) is 32.4 Å². The van der Waals surface area contributed by atoms with Crippen molar-refractivity contribution in [2.24, 2.45) is 0 Å². The SMILES string of the molecule is O=C(NCc1ccc(CN2CCOCC2)cc1)c1ccc(-n2cncn2)c([N+](=O)[O-])c1. The van der Waals surface area contributed by atoms with Gasteiger partial charge >= 0.3 is 0 Å². The molecule has 1 fully saturated rings. The summed E-state index contributed by atoms with van der Waals surface area (Å²) in [6.07, 6.45) is 2.65. The molecule has 10 nitrogen and oxygen atoms in total. The Labute approximate surface area is 178 Å². The Hall–Kier alpha value is -3.63. The molecule has 1 saturated heterocycles. The average molecular weight is 422 g/mol. The Morgan fingerprint density at radius 1 is 1.13 bits per heavy atom. The van der Waals surface area contributed by atoms with Gasteiger partial charge in [-0.15, -0.1) is 0 Å². The van der Waals surface area contributed by atoms with Crippen LogP contribution in [0.5, 0.6) is 0 Å². The van der Waals surface area contributed by atoms with Crippen LogP contribution in [0.2, 0.25) is 0 Å². The van der Waals surface area contributed by atoms with E-state index in [0.29, 0.717) is 6.54 Å². The molecular weight excluding hydrogens is 400 g/mol. The second kappa shape index (κ2) is 9.45. The normalized spacial score (nSPS) is 14.3. The van der Waals surface area contributed by atoms with Crippen LogP contribution < -0.4 is 5.32 Å². The van der Waals surface area contributed by atoms with Crippen LogP contribution in [0, 0.1) is 10.1 Å². The lowest BCUT2D eigenvalue weighted by Gasteiger charge is -2.26. The van der Waals surface area contributed by atoms with E-state index in [1.807, 2.05) is 12.1 Å². The molecule has 3 aromatic rings. The molecule has 2 heterocycles. The molecule has 4 rings (SSSR count). The Kier molecular flexibility index (Phi) is 6.29. The highest BCUT2D eigenvalue weighted by Gasteiger charge is 2.19. The average Bonchev–Trinajstić information content (AvgIpc) is 3.33. The number of nitrogens with one attached hydrogen (secondary N) is 1. The predicted molar refractivity (Wildman–Crippen MR) is 112 cm³/mol. The molecule has 0 spiro atoms. The highest BCUT2D eigenvalue weighted by molar-refractivity contribution is 5.95. The Bertz CT molecular complexity index is 1050. The molecule has 10 heteroatoms. The summed E-state index contributed by atoms with van der Waals surface area (Å²) >= 11 is 0. The van der Waals surface area contributed by atoms with Crippen LogP contribution in [0.1, 0.15) is 21.5 Å². The number of carbonyl (C=O) groups is 1.